The van der Waals surface area contributed by atoms with E-state index in [0.717, 1.165) is 7.05 Å². The molecule has 0 unspecified atom stereocenters. The minimum absolute atomic E-state index is 0.0175. The van der Waals surface area contributed by atoms with Crippen LogP contribution in [0.5, 0.6) is 0 Å². The van der Waals surface area contributed by atoms with Crippen LogP contribution in [0.2, 0.25) is 0 Å². The molecule has 0 aromatic carbocycles. The Bertz CT molecular complexity index is 631. The van der Waals surface area contributed by atoms with Crippen molar-refractivity contribution < 1.29 is 27.5 Å². The molecule has 1 rings (SSSR count). The number of likely N-dealkylation sites (N-methyl/N-ethyl adjacent to an activating group) is 1. The smallest absolute Gasteiger partial charge is 0.340 e. The maximum absolute atomic E-state index is 12.2. The number of carbonyl (C=O) groups is 2. The van der Waals surface area contributed by atoms with Crippen LogP contribution in [0.15, 0.2) is 9.31 Å². The van der Waals surface area contributed by atoms with Crippen molar-refractivity contribution in [2.45, 2.75) is 18.7 Å². The normalized spacial score (nSPS) is 11.8. The molecule has 0 saturated carbocycles. The number of nitrogens with two attached hydrogens (primary N) is 1. The van der Waals surface area contributed by atoms with Gasteiger partial charge in [0.2, 0.25) is 15.9 Å². The average Bonchev–Trinajstić information content (AvgIpc) is 2.52. The van der Waals surface area contributed by atoms with Gasteiger partial charge in [-0.3, -0.25) is 4.79 Å². The first-order valence-electron chi connectivity index (χ1n) is 5.17. The van der Waals surface area contributed by atoms with Crippen molar-refractivity contribution in [3.05, 3.63) is 17.1 Å². The predicted molar refractivity (Wildman–Crippen MR) is 64.2 cm³/mol. The zero-order valence-corrected chi connectivity index (χ0v) is 11.4. The summed E-state index contributed by atoms with van der Waals surface area (Å²) in [5, 5.41) is 9.05. The lowest BCUT2D eigenvalue weighted by molar-refractivity contribution is -0.118. The van der Waals surface area contributed by atoms with E-state index < -0.39 is 38.9 Å². The summed E-state index contributed by atoms with van der Waals surface area (Å²) in [6.07, 6.45) is 0. The highest BCUT2D eigenvalue weighted by molar-refractivity contribution is 7.89. The molecule has 9 heteroatoms. The third-order valence-corrected chi connectivity index (χ3v) is 4.42. The maximum Gasteiger partial charge on any atom is 0.340 e. The molecule has 0 spiro atoms. The molecule has 0 bridgehead atoms. The highest BCUT2D eigenvalue weighted by atomic mass is 32.2. The number of nitrogens with zero attached hydrogens (tertiary/aromatic N) is 1. The van der Waals surface area contributed by atoms with Crippen LogP contribution in [0.3, 0.4) is 0 Å². The third kappa shape index (κ3) is 2.76. The quantitative estimate of drug-likeness (QED) is 0.765. The second-order valence-electron chi connectivity index (χ2n) is 3.95. The van der Waals surface area contributed by atoms with E-state index in [1.807, 2.05) is 0 Å². The van der Waals surface area contributed by atoms with E-state index in [2.05, 4.69) is 0 Å². The number of sulfonamides is 1. The third-order valence-electron chi connectivity index (χ3n) is 2.47. The van der Waals surface area contributed by atoms with Crippen LogP contribution in [0.4, 0.5) is 0 Å². The van der Waals surface area contributed by atoms with E-state index in [1.54, 1.807) is 0 Å². The summed E-state index contributed by atoms with van der Waals surface area (Å²) in [6.45, 7) is 2.14. The molecule has 0 fully saturated rings. The monoisotopic (exact) mass is 290 g/mol. The largest absolute Gasteiger partial charge is 0.478 e. The lowest BCUT2D eigenvalue weighted by Crippen LogP contribution is -2.36. The number of carboxylic acid groups (broad SMARTS) is 1. The molecule has 1 aromatic heterocycles. The number of primary amides is 1. The van der Waals surface area contributed by atoms with E-state index in [9.17, 15) is 18.0 Å². The molecule has 0 atom stereocenters. The number of carboxylic acids is 1. The van der Waals surface area contributed by atoms with Gasteiger partial charge in [-0.1, -0.05) is 0 Å². The predicted octanol–water partition coefficient (Wildman–Crippen LogP) is -0.300. The van der Waals surface area contributed by atoms with Crippen LogP contribution in [0.1, 0.15) is 21.9 Å². The second-order valence-corrected chi connectivity index (χ2v) is 5.93. The molecule has 0 aliphatic rings. The Morgan fingerprint density at radius 3 is 2.26 bits per heavy atom. The molecular weight excluding hydrogens is 276 g/mol. The molecule has 1 amide bonds. The van der Waals surface area contributed by atoms with Gasteiger partial charge in [-0.25, -0.2) is 13.2 Å². The molecule has 0 aliphatic heterocycles. The van der Waals surface area contributed by atoms with Gasteiger partial charge in [0.25, 0.3) is 0 Å². The number of furan rings is 1. The van der Waals surface area contributed by atoms with Gasteiger partial charge in [-0.2, -0.15) is 4.31 Å². The number of rotatable bonds is 5. The molecule has 0 saturated heterocycles. The van der Waals surface area contributed by atoms with E-state index in [0.29, 0.717) is 4.31 Å². The van der Waals surface area contributed by atoms with E-state index in [-0.39, 0.29) is 11.5 Å². The first kappa shape index (κ1) is 15.2. The van der Waals surface area contributed by atoms with Gasteiger partial charge in [0.15, 0.2) is 0 Å². The van der Waals surface area contributed by atoms with Crippen molar-refractivity contribution >= 4 is 21.9 Å². The Balaban J connectivity index is 3.45. The van der Waals surface area contributed by atoms with Crippen molar-refractivity contribution in [1.82, 2.24) is 4.31 Å². The summed E-state index contributed by atoms with van der Waals surface area (Å²) >= 11 is 0. The van der Waals surface area contributed by atoms with Crippen LogP contribution in [-0.2, 0) is 14.8 Å². The molecular formula is C10H14N2O6S. The number of carbonyl (C=O) groups excluding carboxylic acids is 1. The fourth-order valence-corrected chi connectivity index (χ4v) is 3.18. The number of amides is 1. The summed E-state index contributed by atoms with van der Waals surface area (Å²) in [5.41, 5.74) is 4.49. The average molecular weight is 290 g/mol. The fraction of sp³-hybridized carbons (Fsp3) is 0.400. The van der Waals surface area contributed by atoms with Gasteiger partial charge in [-0.15, -0.1) is 0 Å². The highest BCUT2D eigenvalue weighted by Crippen LogP contribution is 2.28. The topological polar surface area (TPSA) is 131 Å². The molecule has 1 heterocycles. The Kier molecular flexibility index (Phi) is 4.01. The highest BCUT2D eigenvalue weighted by Gasteiger charge is 2.34. The van der Waals surface area contributed by atoms with Gasteiger partial charge < -0.3 is 15.3 Å². The van der Waals surface area contributed by atoms with Crippen molar-refractivity contribution in [1.29, 1.82) is 0 Å². The Hall–Kier alpha value is -1.87. The van der Waals surface area contributed by atoms with Gasteiger partial charge in [0.1, 0.15) is 22.0 Å². The summed E-state index contributed by atoms with van der Waals surface area (Å²) in [6, 6.07) is 0. The molecule has 106 valence electrons. The lowest BCUT2D eigenvalue weighted by Gasteiger charge is -2.15. The van der Waals surface area contributed by atoms with Crippen LogP contribution >= 0.6 is 0 Å². The summed E-state index contributed by atoms with van der Waals surface area (Å²) in [5.74, 6) is -2.33. The zero-order chi connectivity index (χ0) is 15.0. The van der Waals surface area contributed by atoms with Crippen molar-refractivity contribution in [3.63, 3.8) is 0 Å². The molecule has 0 aliphatic carbocycles. The minimum Gasteiger partial charge on any atom is -0.478 e. The summed E-state index contributed by atoms with van der Waals surface area (Å²) in [7, 11) is -3.03. The standard InChI is InChI=1S/C10H14N2O6S/c1-5-8(10(14)15)9(6(2)18-5)19(16,17)12(3)4-7(11)13/h4H2,1-3H3,(H2,11,13)(H,14,15). The van der Waals surface area contributed by atoms with Crippen LogP contribution in [0.25, 0.3) is 0 Å². The molecule has 1 aromatic rings. The van der Waals surface area contributed by atoms with Crippen molar-refractivity contribution in [3.8, 4) is 0 Å². The summed E-state index contributed by atoms with van der Waals surface area (Å²) in [4.78, 5) is 21.4. The van der Waals surface area contributed by atoms with Gasteiger partial charge >= 0.3 is 5.97 Å². The van der Waals surface area contributed by atoms with E-state index >= 15 is 0 Å². The Morgan fingerprint density at radius 2 is 1.84 bits per heavy atom. The zero-order valence-electron chi connectivity index (χ0n) is 10.6. The SMILES string of the molecule is Cc1oc(C)c(S(=O)(=O)N(C)CC(N)=O)c1C(=O)O. The van der Waals surface area contributed by atoms with Crippen LogP contribution < -0.4 is 5.73 Å². The van der Waals surface area contributed by atoms with Crippen molar-refractivity contribution in [2.24, 2.45) is 5.73 Å². The summed E-state index contributed by atoms with van der Waals surface area (Å²) < 4.78 is 30.2. The Labute approximate surface area is 109 Å². The van der Waals surface area contributed by atoms with Crippen LogP contribution in [-0.4, -0.2) is 43.3 Å². The maximum atomic E-state index is 12.2. The first-order chi connectivity index (χ1) is 8.59. The molecule has 19 heavy (non-hydrogen) atoms. The van der Waals surface area contributed by atoms with Gasteiger partial charge in [-0.05, 0) is 13.8 Å². The second kappa shape index (κ2) is 5.02. The van der Waals surface area contributed by atoms with Crippen LogP contribution in [0, 0.1) is 13.8 Å². The fourth-order valence-electron chi connectivity index (χ4n) is 1.68. The van der Waals surface area contributed by atoms with E-state index in [4.69, 9.17) is 15.3 Å². The lowest BCUT2D eigenvalue weighted by atomic mass is 10.2. The van der Waals surface area contributed by atoms with Gasteiger partial charge in [0, 0.05) is 7.05 Å². The molecule has 0 radical (unpaired) electrons. The number of hydrogen-bond donors (Lipinski definition) is 2. The van der Waals surface area contributed by atoms with Gasteiger partial charge in [0.05, 0.1) is 6.54 Å². The number of aryl methyl sites for hydroxylation is 2. The molecule has 3 N–H and O–H groups in total. The first-order valence-corrected chi connectivity index (χ1v) is 6.61. The number of hydrogen-bond acceptors (Lipinski definition) is 5. The van der Waals surface area contributed by atoms with Crippen molar-refractivity contribution in [2.75, 3.05) is 13.6 Å². The van der Waals surface area contributed by atoms with E-state index in [1.165, 1.54) is 13.8 Å². The number of aromatic carboxylic acids is 1. The molecule has 8 nitrogen and oxygen atoms in total. The minimum atomic E-state index is -4.16. The Morgan fingerprint density at radius 1 is 1.32 bits per heavy atom.